The summed E-state index contributed by atoms with van der Waals surface area (Å²) >= 11 is 0. The summed E-state index contributed by atoms with van der Waals surface area (Å²) in [5, 5.41) is 11.0. The Morgan fingerprint density at radius 3 is 2.76 bits per heavy atom. The molecule has 4 N–H and O–H groups in total. The van der Waals surface area contributed by atoms with Gasteiger partial charge in [0.15, 0.2) is 0 Å². The Labute approximate surface area is 149 Å². The molecule has 0 aliphatic carbocycles. The van der Waals surface area contributed by atoms with Crippen LogP contribution in [-0.2, 0) is 6.54 Å². The van der Waals surface area contributed by atoms with Crippen LogP contribution in [0, 0.1) is 5.41 Å². The van der Waals surface area contributed by atoms with Gasteiger partial charge in [0.25, 0.3) is 0 Å². The van der Waals surface area contributed by atoms with Crippen LogP contribution in [0.1, 0.15) is 29.5 Å². The molecule has 1 atom stereocenters. The van der Waals surface area contributed by atoms with Crippen molar-refractivity contribution >= 4 is 23.7 Å². The first-order valence-electron chi connectivity index (χ1n) is 8.78. The van der Waals surface area contributed by atoms with Crippen LogP contribution >= 0.6 is 0 Å². The molecule has 4 nitrogen and oxygen atoms in total. The first-order chi connectivity index (χ1) is 12.2. The summed E-state index contributed by atoms with van der Waals surface area (Å²) in [7, 11) is 0. The predicted molar refractivity (Wildman–Crippen MR) is 107 cm³/mol. The molecule has 1 aliphatic rings. The molecule has 0 saturated carbocycles. The van der Waals surface area contributed by atoms with Crippen molar-refractivity contribution in [2.24, 2.45) is 0 Å². The van der Waals surface area contributed by atoms with Gasteiger partial charge in [0.1, 0.15) is 0 Å². The van der Waals surface area contributed by atoms with Gasteiger partial charge in [-0.05, 0) is 48.7 Å². The third-order valence-electron chi connectivity index (χ3n) is 4.74. The quantitative estimate of drug-likeness (QED) is 0.553. The van der Waals surface area contributed by atoms with Gasteiger partial charge in [0.05, 0.1) is 0 Å². The summed E-state index contributed by atoms with van der Waals surface area (Å²) in [5.41, 5.74) is 10.8. The average Bonchev–Trinajstić information content (AvgIpc) is 2.64. The van der Waals surface area contributed by atoms with Crippen molar-refractivity contribution < 1.29 is 0 Å². The lowest BCUT2D eigenvalue weighted by Crippen LogP contribution is -2.41. The molecule has 1 aliphatic heterocycles. The number of benzene rings is 2. The molecule has 4 heteroatoms. The Bertz CT molecular complexity index is 736. The highest BCUT2D eigenvalue weighted by molar-refractivity contribution is 5.86. The lowest BCUT2D eigenvalue weighted by atomic mass is 10.0. The van der Waals surface area contributed by atoms with Crippen LogP contribution in [0.4, 0.5) is 11.4 Å². The van der Waals surface area contributed by atoms with Crippen molar-refractivity contribution in [2.75, 3.05) is 24.1 Å². The maximum atomic E-state index is 7.44. The number of nitrogens with zero attached hydrogens (tertiary/aromatic N) is 1. The molecule has 1 unspecified atom stereocenters. The first-order valence-corrected chi connectivity index (χ1v) is 8.78. The number of piperidine rings is 1. The van der Waals surface area contributed by atoms with Gasteiger partial charge in [-0.3, -0.25) is 4.90 Å². The van der Waals surface area contributed by atoms with Gasteiger partial charge in [-0.2, -0.15) is 0 Å². The highest BCUT2D eigenvalue weighted by atomic mass is 15.2. The summed E-state index contributed by atoms with van der Waals surface area (Å²) in [6.07, 6.45) is 5.53. The number of nitrogens with two attached hydrogens (primary N) is 1. The van der Waals surface area contributed by atoms with Gasteiger partial charge in [-0.1, -0.05) is 36.9 Å². The zero-order valence-corrected chi connectivity index (χ0v) is 14.5. The van der Waals surface area contributed by atoms with E-state index in [-0.39, 0.29) is 0 Å². The Balaban J connectivity index is 1.60. The molecule has 0 aromatic heterocycles. The fourth-order valence-electron chi connectivity index (χ4n) is 3.36. The summed E-state index contributed by atoms with van der Waals surface area (Å²) < 4.78 is 0. The Morgan fingerprint density at radius 2 is 2.04 bits per heavy atom. The lowest BCUT2D eigenvalue weighted by molar-refractivity contribution is 0.208. The van der Waals surface area contributed by atoms with Crippen LogP contribution in [0.2, 0.25) is 0 Å². The van der Waals surface area contributed by atoms with Crippen molar-refractivity contribution in [2.45, 2.75) is 25.4 Å². The van der Waals surface area contributed by atoms with Gasteiger partial charge in [-0.25, -0.2) is 0 Å². The summed E-state index contributed by atoms with van der Waals surface area (Å²) in [6, 6.07) is 14.8. The zero-order chi connectivity index (χ0) is 17.6. The van der Waals surface area contributed by atoms with Crippen molar-refractivity contribution in [1.29, 1.82) is 5.41 Å². The van der Waals surface area contributed by atoms with Crippen molar-refractivity contribution in [3.8, 4) is 0 Å². The smallest absolute Gasteiger partial charge is 0.0404 e. The van der Waals surface area contributed by atoms with E-state index in [4.69, 9.17) is 11.1 Å². The van der Waals surface area contributed by atoms with E-state index in [0.29, 0.717) is 11.7 Å². The minimum Gasteiger partial charge on any atom is -0.398 e. The summed E-state index contributed by atoms with van der Waals surface area (Å²) in [5.74, 6) is 0. The number of likely N-dealkylation sites (tertiary alicyclic amines) is 1. The van der Waals surface area contributed by atoms with Gasteiger partial charge >= 0.3 is 0 Å². The molecule has 1 saturated heterocycles. The molecule has 1 fully saturated rings. The van der Waals surface area contributed by atoms with Crippen LogP contribution in [0.5, 0.6) is 0 Å². The van der Waals surface area contributed by atoms with E-state index in [0.717, 1.165) is 42.9 Å². The first kappa shape index (κ1) is 17.2. The highest BCUT2D eigenvalue weighted by Crippen LogP contribution is 2.21. The van der Waals surface area contributed by atoms with Crippen LogP contribution in [0.3, 0.4) is 0 Å². The van der Waals surface area contributed by atoms with Gasteiger partial charge < -0.3 is 16.5 Å². The molecule has 130 valence electrons. The van der Waals surface area contributed by atoms with Crippen molar-refractivity contribution in [1.82, 2.24) is 4.90 Å². The van der Waals surface area contributed by atoms with Gasteiger partial charge in [0, 0.05) is 42.3 Å². The molecule has 0 spiro atoms. The number of hydrogen-bond donors (Lipinski definition) is 3. The molecule has 3 rings (SSSR count). The van der Waals surface area contributed by atoms with E-state index in [1.807, 2.05) is 24.3 Å². The molecule has 2 aromatic rings. The normalized spacial score (nSPS) is 17.8. The second-order valence-corrected chi connectivity index (χ2v) is 6.65. The van der Waals surface area contributed by atoms with Crippen LogP contribution < -0.4 is 11.1 Å². The maximum Gasteiger partial charge on any atom is 0.0404 e. The fraction of sp³-hybridized carbons (Fsp3) is 0.286. The highest BCUT2D eigenvalue weighted by Gasteiger charge is 2.20. The minimum atomic E-state index is 0.420. The standard InChI is InChI=1S/C21H26N4/c1-2-16-5-7-17(8-6-16)14-25-11-3-4-20(15-25)24-19-9-10-21(23)18(12-19)13-22/h2,5-10,12-13,20,22,24H,1,3-4,11,14-15,23H2. The minimum absolute atomic E-state index is 0.420. The molecule has 1 heterocycles. The van der Waals surface area contributed by atoms with Crippen molar-refractivity contribution in [3.63, 3.8) is 0 Å². The van der Waals surface area contributed by atoms with E-state index in [1.165, 1.54) is 18.2 Å². The molecule has 2 aromatic carbocycles. The largest absolute Gasteiger partial charge is 0.398 e. The second kappa shape index (κ2) is 7.99. The van der Waals surface area contributed by atoms with Crippen LogP contribution in [0.15, 0.2) is 49.0 Å². The Hall–Kier alpha value is -2.59. The molecule has 0 amide bonds. The lowest BCUT2D eigenvalue weighted by Gasteiger charge is -2.33. The number of anilines is 2. The van der Waals surface area contributed by atoms with Crippen molar-refractivity contribution in [3.05, 3.63) is 65.7 Å². The summed E-state index contributed by atoms with van der Waals surface area (Å²) in [4.78, 5) is 2.50. The monoisotopic (exact) mass is 334 g/mol. The third-order valence-corrected chi connectivity index (χ3v) is 4.74. The number of rotatable bonds is 6. The van der Waals surface area contributed by atoms with E-state index >= 15 is 0 Å². The average molecular weight is 334 g/mol. The number of nitrogens with one attached hydrogen (secondary N) is 2. The van der Waals surface area contributed by atoms with E-state index in [9.17, 15) is 0 Å². The van der Waals surface area contributed by atoms with E-state index < -0.39 is 0 Å². The molecule has 0 radical (unpaired) electrons. The fourth-order valence-corrected chi connectivity index (χ4v) is 3.36. The van der Waals surface area contributed by atoms with Gasteiger partial charge in [-0.15, -0.1) is 0 Å². The maximum absolute atomic E-state index is 7.44. The third kappa shape index (κ3) is 4.48. The number of hydrogen-bond acceptors (Lipinski definition) is 4. The molecular formula is C21H26N4. The number of nitrogen functional groups attached to an aromatic ring is 1. The molecule has 0 bridgehead atoms. The van der Waals surface area contributed by atoms with E-state index in [1.54, 1.807) is 0 Å². The molecular weight excluding hydrogens is 308 g/mol. The van der Waals surface area contributed by atoms with Crippen LogP contribution in [0.25, 0.3) is 6.08 Å². The second-order valence-electron chi connectivity index (χ2n) is 6.65. The zero-order valence-electron chi connectivity index (χ0n) is 14.5. The summed E-state index contributed by atoms with van der Waals surface area (Å²) in [6.45, 7) is 6.93. The van der Waals surface area contributed by atoms with Crippen LogP contribution in [-0.4, -0.2) is 30.2 Å². The predicted octanol–water partition coefficient (Wildman–Crippen LogP) is 3.99. The SMILES string of the molecule is C=Cc1ccc(CN2CCCC(Nc3ccc(N)c(C=N)c3)C2)cc1. The topological polar surface area (TPSA) is 65.1 Å². The Morgan fingerprint density at radius 1 is 1.24 bits per heavy atom. The Kier molecular flexibility index (Phi) is 5.51. The molecule has 25 heavy (non-hydrogen) atoms. The van der Waals surface area contributed by atoms with Gasteiger partial charge in [0.2, 0.25) is 0 Å². The van der Waals surface area contributed by atoms with E-state index in [2.05, 4.69) is 41.1 Å².